The van der Waals surface area contributed by atoms with Gasteiger partial charge in [0.25, 0.3) is 0 Å². The lowest BCUT2D eigenvalue weighted by Gasteiger charge is -2.09. The molecule has 0 fully saturated rings. The van der Waals surface area contributed by atoms with E-state index in [4.69, 9.17) is 9.47 Å². The Morgan fingerprint density at radius 1 is 1.12 bits per heavy atom. The molecule has 26 heavy (non-hydrogen) atoms. The summed E-state index contributed by atoms with van der Waals surface area (Å²) in [6, 6.07) is 7.85. The highest BCUT2D eigenvalue weighted by Crippen LogP contribution is 2.31. The first kappa shape index (κ1) is 19.7. The Morgan fingerprint density at radius 2 is 1.81 bits per heavy atom. The zero-order chi connectivity index (χ0) is 19.0. The third-order valence-corrected chi connectivity index (χ3v) is 3.33. The van der Waals surface area contributed by atoms with Crippen LogP contribution in [0.4, 0.5) is 13.2 Å². The molecule has 5 nitrogen and oxygen atoms in total. The maximum Gasteiger partial charge on any atom is 0.416 e. The molecule has 0 aliphatic heterocycles. The quantitative estimate of drug-likeness (QED) is 0.565. The van der Waals surface area contributed by atoms with Crippen molar-refractivity contribution in [3.05, 3.63) is 53.9 Å². The van der Waals surface area contributed by atoms with Crippen LogP contribution in [-0.4, -0.2) is 24.1 Å². The molecule has 1 N–H and O–H groups in total. The number of rotatable bonds is 8. The first-order chi connectivity index (χ1) is 12.4. The molecule has 2 rings (SSSR count). The molecule has 0 unspecified atom stereocenters. The van der Waals surface area contributed by atoms with Gasteiger partial charge in [0, 0.05) is 13.1 Å². The van der Waals surface area contributed by atoms with Gasteiger partial charge < -0.3 is 14.8 Å². The summed E-state index contributed by atoms with van der Waals surface area (Å²) in [7, 11) is 0. The number of halogens is 3. The van der Waals surface area contributed by atoms with Gasteiger partial charge in [0.15, 0.2) is 0 Å². The molecule has 0 aliphatic rings. The van der Waals surface area contributed by atoms with Gasteiger partial charge in [-0.1, -0.05) is 0 Å². The van der Waals surface area contributed by atoms with Crippen LogP contribution in [0.5, 0.6) is 11.5 Å². The van der Waals surface area contributed by atoms with Crippen molar-refractivity contribution < 1.29 is 27.4 Å². The molecule has 0 spiro atoms. The predicted molar refractivity (Wildman–Crippen MR) is 88.7 cm³/mol. The van der Waals surface area contributed by atoms with Crippen LogP contribution in [0.25, 0.3) is 0 Å². The maximum atomic E-state index is 12.5. The van der Waals surface area contributed by atoms with Crippen LogP contribution in [0.1, 0.15) is 24.6 Å². The lowest BCUT2D eigenvalue weighted by molar-refractivity contribution is -0.143. The molecule has 8 heteroatoms. The number of hydrogen-bond donors (Lipinski definition) is 1. The largest absolute Gasteiger partial charge is 0.466 e. The summed E-state index contributed by atoms with van der Waals surface area (Å²) < 4.78 is 47.8. The van der Waals surface area contributed by atoms with E-state index >= 15 is 0 Å². The van der Waals surface area contributed by atoms with E-state index in [0.29, 0.717) is 31.2 Å². The van der Waals surface area contributed by atoms with Gasteiger partial charge in [-0.2, -0.15) is 13.2 Å². The van der Waals surface area contributed by atoms with E-state index in [0.717, 1.165) is 17.8 Å². The number of pyridine rings is 1. The normalized spacial score (nSPS) is 11.2. The summed E-state index contributed by atoms with van der Waals surface area (Å²) >= 11 is 0. The third-order valence-electron chi connectivity index (χ3n) is 3.33. The average molecular weight is 368 g/mol. The number of nitrogens with zero attached hydrogens (tertiary/aromatic N) is 1. The smallest absolute Gasteiger partial charge is 0.416 e. The lowest BCUT2D eigenvalue weighted by atomic mass is 10.2. The van der Waals surface area contributed by atoms with Crippen LogP contribution < -0.4 is 10.1 Å². The van der Waals surface area contributed by atoms with E-state index in [9.17, 15) is 18.0 Å². The number of ether oxygens (including phenoxy) is 2. The van der Waals surface area contributed by atoms with Crippen molar-refractivity contribution in [3.8, 4) is 11.5 Å². The highest BCUT2D eigenvalue weighted by atomic mass is 19.4. The molecule has 1 heterocycles. The topological polar surface area (TPSA) is 60.5 Å². The predicted octanol–water partition coefficient (Wildman–Crippen LogP) is 3.94. The summed E-state index contributed by atoms with van der Waals surface area (Å²) in [6.45, 7) is 3.06. The van der Waals surface area contributed by atoms with Crippen LogP contribution in [0.2, 0.25) is 0 Å². The Balaban J connectivity index is 1.81. The SMILES string of the molecule is CCOC(=O)CCNCc1ccc(Oc2ccc(C(F)(F)F)cc2)cn1. The number of alkyl halides is 3. The number of esters is 1. The highest BCUT2D eigenvalue weighted by Gasteiger charge is 2.30. The van der Waals surface area contributed by atoms with Crippen molar-refractivity contribution in [2.45, 2.75) is 26.1 Å². The first-order valence-corrected chi connectivity index (χ1v) is 8.05. The number of benzene rings is 1. The standard InChI is InChI=1S/C18H19F3N2O3/c1-2-25-17(24)9-10-22-11-14-5-8-16(12-23-14)26-15-6-3-13(4-7-15)18(19,20)21/h3-8,12,22H,2,9-11H2,1H3. The van der Waals surface area contributed by atoms with E-state index in [1.165, 1.54) is 18.3 Å². The lowest BCUT2D eigenvalue weighted by Crippen LogP contribution is -2.19. The Hall–Kier alpha value is -2.61. The van der Waals surface area contributed by atoms with Crippen LogP contribution in [-0.2, 0) is 22.3 Å². The molecule has 0 amide bonds. The fourth-order valence-electron chi connectivity index (χ4n) is 2.06. The fraction of sp³-hybridized carbons (Fsp3) is 0.333. The molecule has 0 saturated carbocycles. The molecular formula is C18H19F3N2O3. The summed E-state index contributed by atoms with van der Waals surface area (Å²) in [6.07, 6.45) is -2.61. The average Bonchev–Trinajstić information content (AvgIpc) is 2.60. The summed E-state index contributed by atoms with van der Waals surface area (Å²) in [5, 5.41) is 3.07. The number of carbonyl (C=O) groups is 1. The second-order valence-corrected chi connectivity index (χ2v) is 5.34. The van der Waals surface area contributed by atoms with Crippen molar-refractivity contribution in [3.63, 3.8) is 0 Å². The third kappa shape index (κ3) is 6.36. The van der Waals surface area contributed by atoms with Gasteiger partial charge in [-0.15, -0.1) is 0 Å². The van der Waals surface area contributed by atoms with Gasteiger partial charge in [-0.05, 0) is 43.3 Å². The van der Waals surface area contributed by atoms with E-state index in [-0.39, 0.29) is 12.4 Å². The summed E-state index contributed by atoms with van der Waals surface area (Å²) in [4.78, 5) is 15.4. The molecule has 0 radical (unpaired) electrons. The number of aromatic nitrogens is 1. The summed E-state index contributed by atoms with van der Waals surface area (Å²) in [5.74, 6) is 0.452. The minimum absolute atomic E-state index is 0.256. The van der Waals surface area contributed by atoms with Gasteiger partial charge in [-0.3, -0.25) is 9.78 Å². The van der Waals surface area contributed by atoms with E-state index < -0.39 is 11.7 Å². The molecule has 1 aromatic heterocycles. The van der Waals surface area contributed by atoms with Crippen molar-refractivity contribution in [2.75, 3.05) is 13.2 Å². The van der Waals surface area contributed by atoms with Crippen LogP contribution in [0.15, 0.2) is 42.6 Å². The van der Waals surface area contributed by atoms with Gasteiger partial charge in [0.1, 0.15) is 11.5 Å². The minimum Gasteiger partial charge on any atom is -0.466 e. The van der Waals surface area contributed by atoms with Crippen molar-refractivity contribution in [1.82, 2.24) is 10.3 Å². The zero-order valence-corrected chi connectivity index (χ0v) is 14.2. The molecule has 0 bridgehead atoms. The van der Waals surface area contributed by atoms with E-state index in [2.05, 4.69) is 10.3 Å². The molecule has 1 aromatic carbocycles. The molecule has 140 valence electrons. The van der Waals surface area contributed by atoms with E-state index in [1.807, 2.05) is 0 Å². The Bertz CT molecular complexity index is 701. The zero-order valence-electron chi connectivity index (χ0n) is 14.2. The van der Waals surface area contributed by atoms with Gasteiger partial charge in [0.05, 0.1) is 30.5 Å². The number of hydrogen-bond acceptors (Lipinski definition) is 5. The maximum absolute atomic E-state index is 12.5. The van der Waals surface area contributed by atoms with Crippen molar-refractivity contribution in [2.24, 2.45) is 0 Å². The van der Waals surface area contributed by atoms with Gasteiger partial charge >= 0.3 is 12.1 Å². The monoisotopic (exact) mass is 368 g/mol. The fourth-order valence-corrected chi connectivity index (χ4v) is 2.06. The minimum atomic E-state index is -4.37. The van der Waals surface area contributed by atoms with Crippen LogP contribution in [0.3, 0.4) is 0 Å². The first-order valence-electron chi connectivity index (χ1n) is 8.05. The second-order valence-electron chi connectivity index (χ2n) is 5.34. The Kier molecular flexibility index (Phi) is 6.97. The second kappa shape index (κ2) is 9.19. The van der Waals surface area contributed by atoms with Gasteiger partial charge in [0.2, 0.25) is 0 Å². The Labute approximate surface area is 149 Å². The molecular weight excluding hydrogens is 349 g/mol. The van der Waals surface area contributed by atoms with E-state index in [1.54, 1.807) is 19.1 Å². The molecule has 2 aromatic rings. The molecule has 0 atom stereocenters. The van der Waals surface area contributed by atoms with Crippen LogP contribution >= 0.6 is 0 Å². The molecule has 0 saturated heterocycles. The van der Waals surface area contributed by atoms with Gasteiger partial charge in [-0.25, -0.2) is 0 Å². The molecule has 0 aliphatic carbocycles. The summed E-state index contributed by atoms with van der Waals surface area (Å²) in [5.41, 5.74) is 0.0147. The highest BCUT2D eigenvalue weighted by molar-refractivity contribution is 5.69. The number of nitrogens with one attached hydrogen (secondary N) is 1. The number of carbonyl (C=O) groups excluding carboxylic acids is 1. The van der Waals surface area contributed by atoms with Crippen molar-refractivity contribution in [1.29, 1.82) is 0 Å². The van der Waals surface area contributed by atoms with Crippen LogP contribution in [0, 0.1) is 0 Å². The Morgan fingerprint density at radius 3 is 2.38 bits per heavy atom. The van der Waals surface area contributed by atoms with Crippen molar-refractivity contribution >= 4 is 5.97 Å².